The van der Waals surface area contributed by atoms with E-state index in [1.807, 2.05) is 42.5 Å². The van der Waals surface area contributed by atoms with Gasteiger partial charge in [-0.05, 0) is 22.9 Å². The van der Waals surface area contributed by atoms with Gasteiger partial charge in [0.25, 0.3) is 0 Å². The van der Waals surface area contributed by atoms with Crippen molar-refractivity contribution in [2.45, 2.75) is 19.1 Å². The summed E-state index contributed by atoms with van der Waals surface area (Å²) < 4.78 is 40.9. The Morgan fingerprint density at radius 2 is 1.87 bits per heavy atom. The van der Waals surface area contributed by atoms with Crippen LogP contribution in [0.25, 0.3) is 10.8 Å². The molecule has 1 aliphatic heterocycles. The molecule has 5 rings (SSSR count). The minimum absolute atomic E-state index is 0.115. The van der Waals surface area contributed by atoms with Gasteiger partial charge in [-0.2, -0.15) is 18.2 Å². The number of rotatable bonds is 3. The van der Waals surface area contributed by atoms with Crippen molar-refractivity contribution in [1.29, 1.82) is 0 Å². The molecule has 1 aliphatic rings. The molecule has 0 unspecified atom stereocenters. The summed E-state index contributed by atoms with van der Waals surface area (Å²) in [6, 6.07) is 13.5. The molecule has 2 aromatic carbocycles. The molecular weight excluding hydrogens is 393 g/mol. The highest BCUT2D eigenvalue weighted by molar-refractivity contribution is 5.86. The summed E-state index contributed by atoms with van der Waals surface area (Å²) in [6.07, 6.45) is -1.60. The van der Waals surface area contributed by atoms with E-state index in [1.54, 1.807) is 11.2 Å². The Hall–Kier alpha value is -3.62. The summed E-state index contributed by atoms with van der Waals surface area (Å²) in [4.78, 5) is 17.0. The molecule has 152 valence electrons. The molecule has 0 bridgehead atoms. The van der Waals surface area contributed by atoms with Gasteiger partial charge < -0.3 is 15.2 Å². The van der Waals surface area contributed by atoms with E-state index in [9.17, 15) is 13.2 Å². The molecule has 4 aromatic rings. The number of hydrogen-bond donors (Lipinski definition) is 2. The van der Waals surface area contributed by atoms with Gasteiger partial charge in [0.15, 0.2) is 0 Å². The molecule has 0 aliphatic carbocycles. The van der Waals surface area contributed by atoms with Gasteiger partial charge >= 0.3 is 6.18 Å². The van der Waals surface area contributed by atoms with Crippen LogP contribution >= 0.6 is 0 Å². The Morgan fingerprint density at radius 3 is 2.70 bits per heavy atom. The number of H-pyrrole nitrogens is 1. The number of alkyl halides is 3. The van der Waals surface area contributed by atoms with Crippen LogP contribution in [0.3, 0.4) is 0 Å². The fourth-order valence-corrected chi connectivity index (χ4v) is 3.66. The lowest BCUT2D eigenvalue weighted by Gasteiger charge is -2.29. The predicted octanol–water partition coefficient (Wildman–Crippen LogP) is 4.68. The second-order valence-electron chi connectivity index (χ2n) is 7.11. The van der Waals surface area contributed by atoms with E-state index in [0.717, 1.165) is 28.4 Å². The van der Waals surface area contributed by atoms with E-state index in [1.165, 1.54) is 0 Å². The Balaban J connectivity index is 1.50. The fourth-order valence-electron chi connectivity index (χ4n) is 3.66. The average Bonchev–Trinajstić information content (AvgIpc) is 3.21. The Kier molecular flexibility index (Phi) is 4.30. The zero-order chi connectivity index (χ0) is 20.7. The molecule has 0 saturated heterocycles. The lowest BCUT2D eigenvalue weighted by Crippen LogP contribution is -2.33. The van der Waals surface area contributed by atoms with Crippen LogP contribution in [0.4, 0.5) is 30.6 Å². The highest BCUT2D eigenvalue weighted by Gasteiger charge is 2.37. The van der Waals surface area contributed by atoms with Crippen LogP contribution < -0.4 is 10.2 Å². The van der Waals surface area contributed by atoms with E-state index in [4.69, 9.17) is 0 Å². The summed E-state index contributed by atoms with van der Waals surface area (Å²) in [7, 11) is 0. The zero-order valence-electron chi connectivity index (χ0n) is 15.7. The monoisotopic (exact) mass is 410 g/mol. The lowest BCUT2D eigenvalue weighted by molar-refractivity contribution is -0.137. The minimum atomic E-state index is -4.55. The molecule has 0 radical (unpaired) electrons. The van der Waals surface area contributed by atoms with E-state index in [-0.39, 0.29) is 18.3 Å². The summed E-state index contributed by atoms with van der Waals surface area (Å²) in [6.45, 7) is 0.679. The smallest absolute Gasteiger partial charge is 0.350 e. The number of hydrogen-bond acceptors (Lipinski definition) is 5. The van der Waals surface area contributed by atoms with Gasteiger partial charge in [0.1, 0.15) is 11.4 Å². The topological polar surface area (TPSA) is 69.7 Å². The maximum Gasteiger partial charge on any atom is 0.421 e. The molecule has 2 N–H and O–H groups in total. The molecule has 9 heteroatoms. The van der Waals surface area contributed by atoms with Crippen LogP contribution in [-0.4, -0.2) is 26.5 Å². The molecule has 6 nitrogen and oxygen atoms in total. The number of nitrogens with zero attached hydrogens (tertiary/aromatic N) is 4. The quantitative estimate of drug-likeness (QED) is 0.513. The van der Waals surface area contributed by atoms with Crippen molar-refractivity contribution in [3.8, 4) is 0 Å². The Labute approximate surface area is 169 Å². The number of benzene rings is 2. The molecular formula is C21H17F3N6. The van der Waals surface area contributed by atoms with E-state index in [2.05, 4.69) is 25.3 Å². The summed E-state index contributed by atoms with van der Waals surface area (Å²) in [5.41, 5.74) is 1.53. The van der Waals surface area contributed by atoms with Crippen molar-refractivity contribution < 1.29 is 13.2 Å². The van der Waals surface area contributed by atoms with Gasteiger partial charge in [-0.3, -0.25) is 0 Å². The van der Waals surface area contributed by atoms with E-state index >= 15 is 0 Å². The van der Waals surface area contributed by atoms with Crippen molar-refractivity contribution in [2.75, 3.05) is 16.8 Å². The third-order valence-corrected chi connectivity index (χ3v) is 5.15. The summed E-state index contributed by atoms with van der Waals surface area (Å²) >= 11 is 0. The van der Waals surface area contributed by atoms with Gasteiger partial charge in [0.2, 0.25) is 5.95 Å². The normalized spacial score (nSPS) is 14.0. The van der Waals surface area contributed by atoms with Crippen molar-refractivity contribution in [3.05, 3.63) is 71.9 Å². The third-order valence-electron chi connectivity index (χ3n) is 5.15. The molecule has 2 aromatic heterocycles. The Bertz CT molecular complexity index is 1220. The highest BCUT2D eigenvalue weighted by atomic mass is 19.4. The number of aromatic amines is 1. The summed E-state index contributed by atoms with van der Waals surface area (Å²) in [5, 5.41) is 5.11. The number of imidazole rings is 1. The SMILES string of the molecule is FC(F)(F)c1cnc(Nc2ccc3ccccc3c2)nc1N1CCc2nc[nH]c2C1. The van der Waals surface area contributed by atoms with Crippen LogP contribution in [-0.2, 0) is 19.1 Å². The predicted molar refractivity (Wildman–Crippen MR) is 108 cm³/mol. The molecule has 0 amide bonds. The number of nitrogens with one attached hydrogen (secondary N) is 2. The van der Waals surface area contributed by atoms with Crippen molar-refractivity contribution in [1.82, 2.24) is 19.9 Å². The highest BCUT2D eigenvalue weighted by Crippen LogP contribution is 2.37. The second kappa shape index (κ2) is 7.01. The Morgan fingerprint density at radius 1 is 1.03 bits per heavy atom. The van der Waals surface area contributed by atoms with Gasteiger partial charge in [-0.15, -0.1) is 0 Å². The molecule has 3 heterocycles. The molecule has 30 heavy (non-hydrogen) atoms. The van der Waals surface area contributed by atoms with Gasteiger partial charge in [0.05, 0.1) is 24.3 Å². The van der Waals surface area contributed by atoms with Gasteiger partial charge in [0, 0.05) is 24.8 Å². The zero-order valence-corrected chi connectivity index (χ0v) is 15.7. The molecule has 0 atom stereocenters. The first kappa shape index (κ1) is 18.4. The van der Waals surface area contributed by atoms with Crippen molar-refractivity contribution in [2.24, 2.45) is 0 Å². The lowest BCUT2D eigenvalue weighted by atomic mass is 10.1. The number of fused-ring (bicyclic) bond motifs is 2. The first-order valence-corrected chi connectivity index (χ1v) is 9.43. The van der Waals surface area contributed by atoms with Crippen LogP contribution in [0.1, 0.15) is 17.0 Å². The maximum absolute atomic E-state index is 13.6. The van der Waals surface area contributed by atoms with Crippen LogP contribution in [0, 0.1) is 0 Å². The number of aromatic nitrogens is 4. The van der Waals surface area contributed by atoms with Crippen molar-refractivity contribution >= 4 is 28.2 Å². The van der Waals surface area contributed by atoms with Gasteiger partial charge in [-0.1, -0.05) is 30.3 Å². The van der Waals surface area contributed by atoms with E-state index < -0.39 is 11.7 Å². The van der Waals surface area contributed by atoms with E-state index in [0.29, 0.717) is 18.7 Å². The maximum atomic E-state index is 13.6. The van der Waals surface area contributed by atoms with Crippen LogP contribution in [0.5, 0.6) is 0 Å². The first-order valence-electron chi connectivity index (χ1n) is 9.43. The average molecular weight is 410 g/mol. The largest absolute Gasteiger partial charge is 0.421 e. The minimum Gasteiger partial charge on any atom is -0.350 e. The van der Waals surface area contributed by atoms with Crippen LogP contribution in [0.2, 0.25) is 0 Å². The number of halogens is 3. The number of anilines is 3. The molecule has 0 fully saturated rings. The van der Waals surface area contributed by atoms with Crippen molar-refractivity contribution in [3.63, 3.8) is 0 Å². The first-order chi connectivity index (χ1) is 14.5. The second-order valence-corrected chi connectivity index (χ2v) is 7.11. The fraction of sp³-hybridized carbons (Fsp3) is 0.190. The molecule has 0 spiro atoms. The van der Waals surface area contributed by atoms with Gasteiger partial charge in [-0.25, -0.2) is 9.97 Å². The third kappa shape index (κ3) is 3.42. The standard InChI is InChI=1S/C21H17F3N6/c22-21(23,24)16-10-25-20(28-15-6-5-13-3-1-2-4-14(13)9-15)29-19(16)30-8-7-17-18(11-30)27-12-26-17/h1-6,9-10,12H,7-8,11H2,(H,26,27)(H,25,28,29). The van der Waals surface area contributed by atoms with Crippen LogP contribution in [0.15, 0.2) is 55.0 Å². The summed E-state index contributed by atoms with van der Waals surface area (Å²) in [5.74, 6) is -0.0234. The molecule has 0 saturated carbocycles.